The van der Waals surface area contributed by atoms with Gasteiger partial charge in [-0.05, 0) is 97.8 Å². The summed E-state index contributed by atoms with van der Waals surface area (Å²) in [6.07, 6.45) is 7.90. The molecule has 4 rings (SSSR count). The maximum absolute atomic E-state index is 11.2. The minimum absolute atomic E-state index is 0.0378. The van der Waals surface area contributed by atoms with Crippen molar-refractivity contribution in [2.75, 3.05) is 14.1 Å². The van der Waals surface area contributed by atoms with Gasteiger partial charge >= 0.3 is 0 Å². The second-order valence-corrected chi connectivity index (χ2v) is 19.2. The van der Waals surface area contributed by atoms with Crippen molar-refractivity contribution in [1.29, 1.82) is 0 Å². The number of rotatable bonds is 6. The highest BCUT2D eigenvalue weighted by molar-refractivity contribution is 5.86. The predicted octanol–water partition coefficient (Wildman–Crippen LogP) is 12.2. The quantitative estimate of drug-likeness (QED) is 0.247. The van der Waals surface area contributed by atoms with E-state index in [0.29, 0.717) is 17.5 Å². The van der Waals surface area contributed by atoms with Crippen molar-refractivity contribution in [2.45, 2.75) is 176 Å². The first kappa shape index (κ1) is 46.6. The lowest BCUT2D eigenvalue weighted by Gasteiger charge is -2.28. The summed E-state index contributed by atoms with van der Waals surface area (Å²) in [6, 6.07) is 15.1. The zero-order valence-electron chi connectivity index (χ0n) is 37.4. The molecule has 54 heavy (non-hydrogen) atoms. The number of phenolic OH excluding ortho intramolecular Hbond substituents is 2. The second-order valence-electron chi connectivity index (χ2n) is 19.2. The summed E-state index contributed by atoms with van der Waals surface area (Å²) >= 11 is 0. The smallest absolute Gasteiger partial charge is 0.128 e. The summed E-state index contributed by atoms with van der Waals surface area (Å²) in [4.78, 5) is 16.7. The molecule has 0 radical (unpaired) electrons. The molecule has 6 nitrogen and oxygen atoms in total. The highest BCUT2D eigenvalue weighted by atomic mass is 16.3. The number of aryl methyl sites for hydroxylation is 1. The topological polar surface area (TPSA) is 81.3 Å². The van der Waals surface area contributed by atoms with Crippen LogP contribution in [0, 0.1) is 6.92 Å². The lowest BCUT2D eigenvalue weighted by Crippen LogP contribution is -2.27. The van der Waals surface area contributed by atoms with Crippen molar-refractivity contribution in [2.24, 2.45) is 9.98 Å². The van der Waals surface area contributed by atoms with Crippen LogP contribution in [0.4, 0.5) is 0 Å². The molecular weight excluding hydrogens is 665 g/mol. The lowest BCUT2D eigenvalue weighted by molar-refractivity contribution is 0.315. The molecule has 1 heterocycles. The first-order valence-electron chi connectivity index (χ1n) is 20.2. The van der Waals surface area contributed by atoms with Crippen LogP contribution in [0.3, 0.4) is 0 Å². The maximum atomic E-state index is 11.2. The second kappa shape index (κ2) is 18.9. The number of benzene rings is 2. The standard InChI is InChI=1S/C36H54N2O2.C10H16N2.C2H6/c1-33(2,3)25-17-23(31(39)27(19-25)35(7,8)9)21-37-29-15-13-14-16-30(29)38-22-24-18-26(34(4,5)6)20-28(32(24)40)36(10,11)12;1-8-6-5-7-10(11-8)9(2)12(3)4;1-2/h17-22,29-30,39-40H,13-16H2,1-12H3;5-7,9H,1-4H3;1-2H3. The summed E-state index contributed by atoms with van der Waals surface area (Å²) in [5, 5.41) is 22.5. The van der Waals surface area contributed by atoms with Crippen LogP contribution in [0.2, 0.25) is 0 Å². The highest BCUT2D eigenvalue weighted by Crippen LogP contribution is 2.39. The molecule has 1 aliphatic rings. The van der Waals surface area contributed by atoms with Gasteiger partial charge in [0.1, 0.15) is 11.5 Å². The summed E-state index contributed by atoms with van der Waals surface area (Å²) in [5.41, 5.74) is 7.62. The third-order valence-corrected chi connectivity index (χ3v) is 10.2. The highest BCUT2D eigenvalue weighted by Gasteiger charge is 2.28. The molecule has 1 saturated carbocycles. The molecule has 1 aromatic heterocycles. The molecule has 300 valence electrons. The van der Waals surface area contributed by atoms with Crippen LogP contribution >= 0.6 is 0 Å². The van der Waals surface area contributed by atoms with Gasteiger partial charge in [-0.15, -0.1) is 0 Å². The average molecular weight is 741 g/mol. The summed E-state index contributed by atoms with van der Waals surface area (Å²) in [7, 11) is 4.13. The van der Waals surface area contributed by atoms with Gasteiger partial charge in [-0.3, -0.25) is 15.0 Å². The SMILES string of the molecule is CC.CC(C)(C)c1cc(C=NC2CCCCC2N=Cc2cc(C(C)(C)C)cc(C(C)(C)C)c2O)c(O)c(C(C)(C)C)c1.Cc1cccc(C(C)N(C)C)n1. The third-order valence-electron chi connectivity index (χ3n) is 10.2. The van der Waals surface area contributed by atoms with E-state index in [2.05, 4.69) is 150 Å². The fraction of sp³-hybridized carbons (Fsp3) is 0.604. The van der Waals surface area contributed by atoms with Gasteiger partial charge in [0.25, 0.3) is 0 Å². The molecule has 0 bridgehead atoms. The van der Waals surface area contributed by atoms with E-state index in [4.69, 9.17) is 9.98 Å². The number of aromatic hydroxyl groups is 2. The molecule has 0 spiro atoms. The van der Waals surface area contributed by atoms with Crippen molar-refractivity contribution >= 4 is 12.4 Å². The Morgan fingerprint density at radius 2 is 1.06 bits per heavy atom. The van der Waals surface area contributed by atoms with Crippen LogP contribution < -0.4 is 0 Å². The Morgan fingerprint density at radius 1 is 0.667 bits per heavy atom. The van der Waals surface area contributed by atoms with E-state index >= 15 is 0 Å². The Hall–Kier alpha value is -3.51. The van der Waals surface area contributed by atoms with E-state index in [0.717, 1.165) is 59.3 Å². The molecule has 3 atom stereocenters. The summed E-state index contributed by atoms with van der Waals surface area (Å²) in [6.45, 7) is 34.2. The van der Waals surface area contributed by atoms with Crippen LogP contribution in [0.5, 0.6) is 11.5 Å². The molecule has 6 heteroatoms. The minimum atomic E-state index is -0.179. The number of aliphatic imine (C=N–C) groups is 2. The zero-order valence-corrected chi connectivity index (χ0v) is 37.4. The predicted molar refractivity (Wildman–Crippen MR) is 235 cm³/mol. The van der Waals surface area contributed by atoms with Crippen LogP contribution in [-0.2, 0) is 21.7 Å². The molecule has 2 N–H and O–H groups in total. The van der Waals surface area contributed by atoms with Crippen molar-refractivity contribution in [3.8, 4) is 11.5 Å². The van der Waals surface area contributed by atoms with Gasteiger partial charge in [-0.2, -0.15) is 0 Å². The maximum Gasteiger partial charge on any atom is 0.128 e. The summed E-state index contributed by atoms with van der Waals surface area (Å²) < 4.78 is 0. The van der Waals surface area contributed by atoms with Gasteiger partial charge in [0, 0.05) is 46.4 Å². The number of phenols is 2. The van der Waals surface area contributed by atoms with Gasteiger partial charge in [-0.1, -0.05) is 128 Å². The monoisotopic (exact) mass is 741 g/mol. The largest absolute Gasteiger partial charge is 0.507 e. The average Bonchev–Trinajstić information content (AvgIpc) is 3.06. The van der Waals surface area contributed by atoms with Gasteiger partial charge < -0.3 is 15.1 Å². The van der Waals surface area contributed by atoms with Crippen LogP contribution in [-0.4, -0.2) is 58.7 Å². The first-order valence-corrected chi connectivity index (χ1v) is 20.2. The van der Waals surface area contributed by atoms with Crippen molar-refractivity contribution in [3.05, 3.63) is 87.2 Å². The zero-order chi connectivity index (χ0) is 41.4. The molecule has 3 unspecified atom stereocenters. The van der Waals surface area contributed by atoms with Gasteiger partial charge in [-0.25, -0.2) is 0 Å². The summed E-state index contributed by atoms with van der Waals surface area (Å²) in [5.74, 6) is 0.637. The van der Waals surface area contributed by atoms with Crippen LogP contribution in [0.15, 0.2) is 52.4 Å². The van der Waals surface area contributed by atoms with Crippen molar-refractivity contribution < 1.29 is 10.2 Å². The van der Waals surface area contributed by atoms with E-state index in [1.807, 2.05) is 39.3 Å². The molecule has 1 aliphatic carbocycles. The Balaban J connectivity index is 0.000000606. The Morgan fingerprint density at radius 3 is 1.37 bits per heavy atom. The number of hydrogen-bond donors (Lipinski definition) is 2. The van der Waals surface area contributed by atoms with E-state index in [1.54, 1.807) is 0 Å². The van der Waals surface area contributed by atoms with Gasteiger partial charge in [0.05, 0.1) is 17.8 Å². The van der Waals surface area contributed by atoms with Crippen LogP contribution in [0.25, 0.3) is 0 Å². The fourth-order valence-electron chi connectivity index (χ4n) is 6.37. The molecule has 2 aromatic carbocycles. The number of pyridine rings is 1. The van der Waals surface area contributed by atoms with E-state index < -0.39 is 0 Å². The normalized spacial score (nSPS) is 17.6. The molecule has 0 saturated heterocycles. The third kappa shape index (κ3) is 13.1. The van der Waals surface area contributed by atoms with Crippen molar-refractivity contribution in [3.63, 3.8) is 0 Å². The number of hydrogen-bond acceptors (Lipinski definition) is 6. The van der Waals surface area contributed by atoms with Crippen LogP contribution in [0.1, 0.15) is 180 Å². The molecule has 1 fully saturated rings. The Kier molecular flexibility index (Phi) is 16.3. The first-order chi connectivity index (χ1) is 24.8. The lowest BCUT2D eigenvalue weighted by atomic mass is 9.79. The fourth-order valence-corrected chi connectivity index (χ4v) is 6.37. The Labute approximate surface area is 330 Å². The minimum Gasteiger partial charge on any atom is -0.507 e. The molecule has 0 aliphatic heterocycles. The van der Waals surface area contributed by atoms with E-state index in [1.165, 1.54) is 11.1 Å². The molecule has 3 aromatic rings. The number of aromatic nitrogens is 1. The molecular formula is C48H76N4O2. The van der Waals surface area contributed by atoms with Gasteiger partial charge in [0.15, 0.2) is 0 Å². The Bertz CT molecular complexity index is 1610. The number of nitrogens with zero attached hydrogens (tertiary/aromatic N) is 4. The van der Waals surface area contributed by atoms with Crippen molar-refractivity contribution in [1.82, 2.24) is 9.88 Å². The molecule has 0 amide bonds. The van der Waals surface area contributed by atoms with E-state index in [9.17, 15) is 10.2 Å². The van der Waals surface area contributed by atoms with Gasteiger partial charge in [0.2, 0.25) is 0 Å². The van der Waals surface area contributed by atoms with E-state index in [-0.39, 0.29) is 33.7 Å².